The number of nitrogens with zero attached hydrogens (tertiary/aromatic N) is 1. The third-order valence-corrected chi connectivity index (χ3v) is 3.45. The predicted molar refractivity (Wildman–Crippen MR) is 68.5 cm³/mol. The molecule has 1 fully saturated rings. The number of likely N-dealkylation sites (tertiary alicyclic amines) is 1. The van der Waals surface area contributed by atoms with Gasteiger partial charge < -0.3 is 10.6 Å². The lowest BCUT2D eigenvalue weighted by atomic mass is 10.0. The highest BCUT2D eigenvalue weighted by atomic mass is 19.2. The van der Waals surface area contributed by atoms with Gasteiger partial charge in [0.2, 0.25) is 5.91 Å². The molecular weight excluding hydrogens is 250 g/mol. The lowest BCUT2D eigenvalue weighted by Crippen LogP contribution is -2.45. The Hall–Kier alpha value is -1.49. The van der Waals surface area contributed by atoms with Gasteiger partial charge in [-0.3, -0.25) is 4.79 Å². The van der Waals surface area contributed by atoms with Gasteiger partial charge >= 0.3 is 0 Å². The summed E-state index contributed by atoms with van der Waals surface area (Å²) in [5.74, 6) is -1.77. The Labute approximate surface area is 111 Å². The maximum Gasteiger partial charge on any atom is 0.222 e. The van der Waals surface area contributed by atoms with E-state index in [0.717, 1.165) is 18.9 Å². The van der Waals surface area contributed by atoms with Crippen molar-refractivity contribution in [1.29, 1.82) is 0 Å². The zero-order valence-corrected chi connectivity index (χ0v) is 10.7. The van der Waals surface area contributed by atoms with E-state index in [1.54, 1.807) is 4.90 Å². The summed E-state index contributed by atoms with van der Waals surface area (Å²) in [6, 6.07) is 4.07. The number of carbonyl (C=O) groups is 1. The third-order valence-electron chi connectivity index (χ3n) is 3.45. The standard InChI is InChI=1S/C14H18F2N2O/c15-12-5-1-3-10(14(12)16)6-7-13(19)18-8-2-4-11(17)9-18/h1,3,5,11H,2,4,6-9,17H2. The van der Waals surface area contributed by atoms with Crippen LogP contribution in [0.1, 0.15) is 24.8 Å². The number of hydrogen-bond donors (Lipinski definition) is 1. The second-order valence-electron chi connectivity index (χ2n) is 4.96. The molecule has 104 valence electrons. The van der Waals surface area contributed by atoms with Gasteiger partial charge in [-0.05, 0) is 30.9 Å². The van der Waals surface area contributed by atoms with Crippen LogP contribution in [0.4, 0.5) is 8.78 Å². The second kappa shape index (κ2) is 6.10. The average Bonchev–Trinajstić information content (AvgIpc) is 2.40. The van der Waals surface area contributed by atoms with Crippen molar-refractivity contribution in [2.45, 2.75) is 31.7 Å². The molecule has 1 saturated heterocycles. The van der Waals surface area contributed by atoms with E-state index in [9.17, 15) is 13.6 Å². The first-order valence-electron chi connectivity index (χ1n) is 6.54. The van der Waals surface area contributed by atoms with E-state index in [1.807, 2.05) is 0 Å². The molecule has 0 bridgehead atoms. The van der Waals surface area contributed by atoms with Crippen LogP contribution in [0.2, 0.25) is 0 Å². The van der Waals surface area contributed by atoms with Crippen molar-refractivity contribution in [2.24, 2.45) is 5.73 Å². The van der Waals surface area contributed by atoms with Crippen molar-refractivity contribution in [2.75, 3.05) is 13.1 Å². The summed E-state index contributed by atoms with van der Waals surface area (Å²) in [6.07, 6.45) is 2.24. The molecular formula is C14H18F2N2O. The highest BCUT2D eigenvalue weighted by molar-refractivity contribution is 5.76. The Morgan fingerprint density at radius 1 is 1.42 bits per heavy atom. The quantitative estimate of drug-likeness (QED) is 0.909. The van der Waals surface area contributed by atoms with Crippen molar-refractivity contribution < 1.29 is 13.6 Å². The fraction of sp³-hybridized carbons (Fsp3) is 0.500. The Kier molecular flexibility index (Phi) is 4.47. The molecule has 1 heterocycles. The molecule has 1 aromatic carbocycles. The summed E-state index contributed by atoms with van der Waals surface area (Å²) in [5.41, 5.74) is 6.06. The molecule has 2 N–H and O–H groups in total. The minimum atomic E-state index is -0.870. The molecule has 2 rings (SSSR count). The van der Waals surface area contributed by atoms with Gasteiger partial charge in [-0.15, -0.1) is 0 Å². The molecule has 0 spiro atoms. The maximum atomic E-state index is 13.4. The molecule has 5 heteroatoms. The van der Waals surface area contributed by atoms with Crippen LogP contribution in [0.3, 0.4) is 0 Å². The third kappa shape index (κ3) is 3.50. The molecule has 0 radical (unpaired) electrons. The van der Waals surface area contributed by atoms with Crippen LogP contribution in [-0.2, 0) is 11.2 Å². The summed E-state index contributed by atoms with van der Waals surface area (Å²) in [5, 5.41) is 0. The summed E-state index contributed by atoms with van der Waals surface area (Å²) >= 11 is 0. The monoisotopic (exact) mass is 268 g/mol. The first-order chi connectivity index (χ1) is 9.08. The van der Waals surface area contributed by atoms with Gasteiger partial charge in [0.15, 0.2) is 11.6 Å². The number of rotatable bonds is 3. The Morgan fingerprint density at radius 3 is 2.95 bits per heavy atom. The predicted octanol–water partition coefficient (Wildman–Crippen LogP) is 1.85. The fourth-order valence-corrected chi connectivity index (χ4v) is 2.38. The number of halogens is 2. The van der Waals surface area contributed by atoms with E-state index >= 15 is 0 Å². The Bertz CT molecular complexity index is 465. The number of piperidine rings is 1. The first kappa shape index (κ1) is 13.9. The van der Waals surface area contributed by atoms with Crippen LogP contribution in [0.5, 0.6) is 0 Å². The number of aryl methyl sites for hydroxylation is 1. The first-order valence-corrected chi connectivity index (χ1v) is 6.54. The lowest BCUT2D eigenvalue weighted by molar-refractivity contribution is -0.132. The maximum absolute atomic E-state index is 13.4. The lowest BCUT2D eigenvalue weighted by Gasteiger charge is -2.30. The van der Waals surface area contributed by atoms with Crippen molar-refractivity contribution >= 4 is 5.91 Å². The number of carbonyl (C=O) groups excluding carboxylic acids is 1. The summed E-state index contributed by atoms with van der Waals surface area (Å²) in [4.78, 5) is 13.7. The van der Waals surface area contributed by atoms with Gasteiger partial charge in [0.25, 0.3) is 0 Å². The largest absolute Gasteiger partial charge is 0.341 e. The van der Waals surface area contributed by atoms with Crippen molar-refractivity contribution in [3.05, 3.63) is 35.4 Å². The Morgan fingerprint density at radius 2 is 2.21 bits per heavy atom. The molecule has 0 aromatic heterocycles. The van der Waals surface area contributed by atoms with E-state index in [-0.39, 0.29) is 30.4 Å². The summed E-state index contributed by atoms with van der Waals surface area (Å²) in [7, 11) is 0. The molecule has 1 atom stereocenters. The van der Waals surface area contributed by atoms with Crippen molar-refractivity contribution in [3.63, 3.8) is 0 Å². The fourth-order valence-electron chi connectivity index (χ4n) is 2.38. The molecule has 3 nitrogen and oxygen atoms in total. The number of benzene rings is 1. The summed E-state index contributed by atoms with van der Waals surface area (Å²) < 4.78 is 26.5. The van der Waals surface area contributed by atoms with E-state index in [4.69, 9.17) is 5.73 Å². The molecule has 1 aromatic rings. The van der Waals surface area contributed by atoms with E-state index in [2.05, 4.69) is 0 Å². The molecule has 1 amide bonds. The van der Waals surface area contributed by atoms with Crippen LogP contribution >= 0.6 is 0 Å². The molecule has 0 saturated carbocycles. The van der Waals surface area contributed by atoms with Crippen LogP contribution in [0.25, 0.3) is 0 Å². The Balaban J connectivity index is 1.91. The molecule has 1 unspecified atom stereocenters. The van der Waals surface area contributed by atoms with Gasteiger partial charge in [-0.2, -0.15) is 0 Å². The topological polar surface area (TPSA) is 46.3 Å². The smallest absolute Gasteiger partial charge is 0.222 e. The van der Waals surface area contributed by atoms with E-state index in [0.29, 0.717) is 13.1 Å². The molecule has 0 aliphatic carbocycles. The van der Waals surface area contributed by atoms with Crippen LogP contribution < -0.4 is 5.73 Å². The van der Waals surface area contributed by atoms with Crippen LogP contribution in [0.15, 0.2) is 18.2 Å². The number of nitrogens with two attached hydrogens (primary N) is 1. The summed E-state index contributed by atoms with van der Waals surface area (Å²) in [6.45, 7) is 1.27. The normalized spacial score (nSPS) is 19.5. The minimum Gasteiger partial charge on any atom is -0.341 e. The van der Waals surface area contributed by atoms with E-state index in [1.165, 1.54) is 12.1 Å². The van der Waals surface area contributed by atoms with Gasteiger partial charge in [0.05, 0.1) is 0 Å². The van der Waals surface area contributed by atoms with Gasteiger partial charge in [0.1, 0.15) is 0 Å². The van der Waals surface area contributed by atoms with Gasteiger partial charge in [0, 0.05) is 25.6 Å². The van der Waals surface area contributed by atoms with Crippen LogP contribution in [0, 0.1) is 11.6 Å². The van der Waals surface area contributed by atoms with Crippen molar-refractivity contribution in [1.82, 2.24) is 4.90 Å². The minimum absolute atomic E-state index is 0.0311. The number of hydrogen-bond acceptors (Lipinski definition) is 2. The van der Waals surface area contributed by atoms with Gasteiger partial charge in [-0.25, -0.2) is 8.78 Å². The van der Waals surface area contributed by atoms with Crippen molar-refractivity contribution in [3.8, 4) is 0 Å². The van der Waals surface area contributed by atoms with E-state index < -0.39 is 11.6 Å². The number of amides is 1. The molecule has 19 heavy (non-hydrogen) atoms. The average molecular weight is 268 g/mol. The zero-order valence-electron chi connectivity index (χ0n) is 10.7. The zero-order chi connectivity index (χ0) is 13.8. The molecule has 1 aliphatic heterocycles. The SMILES string of the molecule is NC1CCCN(C(=O)CCc2cccc(F)c2F)C1. The second-order valence-corrected chi connectivity index (χ2v) is 4.96. The highest BCUT2D eigenvalue weighted by Crippen LogP contribution is 2.15. The van der Waals surface area contributed by atoms with Crippen LogP contribution in [-0.4, -0.2) is 29.9 Å². The highest BCUT2D eigenvalue weighted by Gasteiger charge is 2.21. The van der Waals surface area contributed by atoms with Gasteiger partial charge in [-0.1, -0.05) is 12.1 Å². The molecule has 1 aliphatic rings.